The Labute approximate surface area is 297 Å². The number of nitrogens with one attached hydrogen (secondary N) is 2. The molecule has 264 valence electrons. The summed E-state index contributed by atoms with van der Waals surface area (Å²) in [6.45, 7) is 4.82. The van der Waals surface area contributed by atoms with Crippen molar-refractivity contribution < 1.29 is 28.3 Å². The highest BCUT2D eigenvalue weighted by atomic mass is 19.1. The molecule has 12 nitrogen and oxygen atoms in total. The Morgan fingerprint density at radius 2 is 1.71 bits per heavy atom. The van der Waals surface area contributed by atoms with Crippen LogP contribution in [0.5, 0.6) is 5.75 Å². The van der Waals surface area contributed by atoms with Crippen molar-refractivity contribution in [3.05, 3.63) is 84.1 Å². The first-order valence-corrected chi connectivity index (χ1v) is 17.7. The van der Waals surface area contributed by atoms with E-state index in [0.717, 1.165) is 89.8 Å². The molecule has 3 aromatic heterocycles. The van der Waals surface area contributed by atoms with Gasteiger partial charge in [0.2, 0.25) is 11.8 Å². The summed E-state index contributed by atoms with van der Waals surface area (Å²) < 4.78 is 21.4. The van der Waals surface area contributed by atoms with Crippen molar-refractivity contribution in [3.8, 4) is 16.9 Å². The number of hydrogen-bond acceptors (Lipinski definition) is 9. The van der Waals surface area contributed by atoms with Gasteiger partial charge < -0.3 is 19.5 Å². The summed E-state index contributed by atoms with van der Waals surface area (Å²) in [5, 5.41) is 4.35. The van der Waals surface area contributed by atoms with Crippen LogP contribution in [-0.4, -0.2) is 93.8 Å². The second-order valence-corrected chi connectivity index (χ2v) is 14.4. The number of imide groups is 2. The number of H-pyrrole nitrogens is 1. The van der Waals surface area contributed by atoms with Gasteiger partial charge in [-0.25, -0.2) is 9.37 Å². The van der Waals surface area contributed by atoms with E-state index >= 15 is 4.39 Å². The highest BCUT2D eigenvalue weighted by Crippen LogP contribution is 2.43. The van der Waals surface area contributed by atoms with Gasteiger partial charge in [0.05, 0.1) is 17.7 Å². The molecule has 13 heteroatoms. The molecule has 4 amide bonds. The normalized spacial score (nSPS) is 20.1. The van der Waals surface area contributed by atoms with E-state index in [4.69, 9.17) is 4.74 Å². The van der Waals surface area contributed by atoms with Gasteiger partial charge in [-0.15, -0.1) is 0 Å². The number of aromatic nitrogens is 3. The van der Waals surface area contributed by atoms with Gasteiger partial charge in [0.25, 0.3) is 11.8 Å². The van der Waals surface area contributed by atoms with Gasteiger partial charge in [0.1, 0.15) is 11.8 Å². The van der Waals surface area contributed by atoms with Crippen molar-refractivity contribution in [3.63, 3.8) is 0 Å². The fraction of sp³-hybridized carbons (Fsp3) is 0.333. The molecule has 9 rings (SSSR count). The van der Waals surface area contributed by atoms with E-state index in [1.54, 1.807) is 36.7 Å². The molecule has 4 aliphatic rings. The number of ether oxygens (including phenoxy) is 1. The number of halogens is 1. The van der Waals surface area contributed by atoms with Gasteiger partial charge in [-0.1, -0.05) is 12.1 Å². The number of likely N-dealkylation sites (tertiary alicyclic amines) is 1. The van der Waals surface area contributed by atoms with Crippen LogP contribution in [0.4, 0.5) is 10.2 Å². The lowest BCUT2D eigenvalue weighted by atomic mass is 9.72. The minimum absolute atomic E-state index is 0.0748. The summed E-state index contributed by atoms with van der Waals surface area (Å²) >= 11 is 0. The smallest absolute Gasteiger partial charge is 0.262 e. The van der Waals surface area contributed by atoms with Crippen LogP contribution in [0.15, 0.2) is 67.1 Å². The molecule has 1 unspecified atom stereocenters. The number of rotatable bonds is 8. The molecule has 3 saturated heterocycles. The maximum absolute atomic E-state index is 15.4. The Kier molecular flexibility index (Phi) is 7.76. The van der Waals surface area contributed by atoms with Crippen molar-refractivity contribution >= 4 is 51.3 Å². The Balaban J connectivity index is 0.744. The van der Waals surface area contributed by atoms with Gasteiger partial charge in [-0.2, -0.15) is 0 Å². The van der Waals surface area contributed by atoms with Crippen molar-refractivity contribution in [1.29, 1.82) is 0 Å². The van der Waals surface area contributed by atoms with Gasteiger partial charge >= 0.3 is 0 Å². The van der Waals surface area contributed by atoms with E-state index in [0.29, 0.717) is 18.2 Å². The van der Waals surface area contributed by atoms with Crippen LogP contribution in [0, 0.1) is 11.2 Å². The summed E-state index contributed by atoms with van der Waals surface area (Å²) in [5.41, 5.74) is 4.24. The molecule has 4 aliphatic heterocycles. The number of amides is 4. The highest BCUT2D eigenvalue weighted by molar-refractivity contribution is 6.23. The third-order valence-corrected chi connectivity index (χ3v) is 11.1. The highest BCUT2D eigenvalue weighted by Gasteiger charge is 2.46. The van der Waals surface area contributed by atoms with E-state index in [-0.39, 0.29) is 35.2 Å². The van der Waals surface area contributed by atoms with Gasteiger partial charge in [0.15, 0.2) is 11.6 Å². The number of piperidine rings is 2. The minimum atomic E-state index is -0.997. The van der Waals surface area contributed by atoms with Gasteiger partial charge in [-0.05, 0) is 80.7 Å². The molecule has 0 saturated carbocycles. The number of pyridine rings is 2. The van der Waals surface area contributed by atoms with Crippen molar-refractivity contribution in [2.24, 2.45) is 5.41 Å². The molecule has 5 aromatic rings. The Morgan fingerprint density at radius 1 is 0.885 bits per heavy atom. The first kappa shape index (κ1) is 32.2. The number of hydrogen-bond donors (Lipinski definition) is 2. The molecular weight excluding hydrogens is 665 g/mol. The van der Waals surface area contributed by atoms with E-state index in [2.05, 4.69) is 30.1 Å². The number of carbonyl (C=O) groups excluding carboxylic acids is 4. The topological polar surface area (TPSA) is 141 Å². The molecule has 1 spiro atoms. The first-order chi connectivity index (χ1) is 25.2. The van der Waals surface area contributed by atoms with E-state index in [1.165, 1.54) is 0 Å². The maximum Gasteiger partial charge on any atom is 0.262 e. The lowest BCUT2D eigenvalue weighted by Gasteiger charge is -2.54. The Bertz CT molecular complexity index is 2290. The number of benzene rings is 2. The maximum atomic E-state index is 15.4. The summed E-state index contributed by atoms with van der Waals surface area (Å²) in [4.78, 5) is 67.5. The number of fused-ring (bicyclic) bond motifs is 4. The fourth-order valence-corrected chi connectivity index (χ4v) is 8.25. The third-order valence-electron chi connectivity index (χ3n) is 11.1. The van der Waals surface area contributed by atoms with Crippen LogP contribution >= 0.6 is 0 Å². The number of nitrogens with zero attached hydrogens (tertiary/aromatic N) is 5. The number of anilines is 1. The van der Waals surface area contributed by atoms with Crippen LogP contribution < -0.4 is 15.0 Å². The third kappa shape index (κ3) is 5.56. The molecule has 52 heavy (non-hydrogen) atoms. The average Bonchev–Trinajstić information content (AvgIpc) is 3.63. The fourth-order valence-electron chi connectivity index (χ4n) is 8.25. The minimum Gasteiger partial charge on any atom is -0.494 e. The summed E-state index contributed by atoms with van der Waals surface area (Å²) in [5.74, 6) is -1.54. The van der Waals surface area contributed by atoms with Crippen LogP contribution in [0.3, 0.4) is 0 Å². The first-order valence-electron chi connectivity index (χ1n) is 17.7. The van der Waals surface area contributed by atoms with Gasteiger partial charge in [-0.3, -0.25) is 34.4 Å². The zero-order chi connectivity index (χ0) is 35.6. The molecule has 0 bridgehead atoms. The largest absolute Gasteiger partial charge is 0.494 e. The number of carbonyl (C=O) groups is 4. The molecule has 1 atom stereocenters. The summed E-state index contributed by atoms with van der Waals surface area (Å²) in [7, 11) is 0. The zero-order valence-corrected chi connectivity index (χ0v) is 28.4. The standard InChI is InChI=1S/C39H36FN7O5/c40-30-16-24(23-2-4-26-29-20-41-11-8-31(29)43-32(26)17-23)19-42-35(30)46-21-39(22-46)9-13-45(14-10-39)12-1-15-52-25-3-5-27-28(18-25)38(51)47(37(27)50)33-6-7-34(48)44-36(33)49/h2-5,8,11,16-20,33,43H,1,6-7,9-10,12-15,21-22H2,(H,44,48,49). The van der Waals surface area contributed by atoms with E-state index in [1.807, 2.05) is 30.5 Å². The summed E-state index contributed by atoms with van der Waals surface area (Å²) in [6.07, 6.45) is 8.42. The predicted octanol–water partition coefficient (Wildman–Crippen LogP) is 4.69. The van der Waals surface area contributed by atoms with Gasteiger partial charge in [0, 0.05) is 77.4 Å². The Hall–Kier alpha value is -5.69. The van der Waals surface area contributed by atoms with Crippen LogP contribution in [0.2, 0.25) is 0 Å². The predicted molar refractivity (Wildman–Crippen MR) is 190 cm³/mol. The van der Waals surface area contributed by atoms with Crippen molar-refractivity contribution in [1.82, 2.24) is 30.1 Å². The average molecular weight is 702 g/mol. The van der Waals surface area contributed by atoms with E-state index in [9.17, 15) is 19.2 Å². The van der Waals surface area contributed by atoms with Crippen molar-refractivity contribution in [2.75, 3.05) is 44.2 Å². The Morgan fingerprint density at radius 3 is 2.52 bits per heavy atom. The second-order valence-electron chi connectivity index (χ2n) is 14.4. The molecule has 0 aliphatic carbocycles. The molecule has 2 N–H and O–H groups in total. The lowest BCUT2D eigenvalue weighted by molar-refractivity contribution is -0.136. The van der Waals surface area contributed by atoms with Crippen LogP contribution in [0.25, 0.3) is 32.9 Å². The monoisotopic (exact) mass is 701 g/mol. The molecule has 2 aromatic carbocycles. The van der Waals surface area contributed by atoms with Crippen molar-refractivity contribution in [2.45, 2.75) is 38.1 Å². The quantitative estimate of drug-likeness (QED) is 0.174. The second kappa shape index (κ2) is 12.5. The summed E-state index contributed by atoms with van der Waals surface area (Å²) in [6, 6.07) is 13.4. The van der Waals surface area contributed by atoms with Crippen LogP contribution in [0.1, 0.15) is 52.8 Å². The lowest BCUT2D eigenvalue weighted by Crippen LogP contribution is -2.61. The molecule has 0 radical (unpaired) electrons. The van der Waals surface area contributed by atoms with Crippen LogP contribution in [-0.2, 0) is 9.59 Å². The number of aromatic amines is 1. The molecule has 3 fully saturated rings. The van der Waals surface area contributed by atoms with E-state index < -0.39 is 29.7 Å². The molecular formula is C39H36FN7O5. The molecule has 7 heterocycles. The SMILES string of the molecule is O=C1CCC(N2C(=O)c3ccc(OCCCN4CCC5(CC4)CN(c4ncc(-c6ccc7c(c6)[nH]c6ccncc67)cc4F)C5)cc3C2=O)C(=O)N1. The zero-order valence-electron chi connectivity index (χ0n) is 28.4.